The molecule has 1 aromatic carbocycles. The summed E-state index contributed by atoms with van der Waals surface area (Å²) >= 11 is 6.24. The Morgan fingerprint density at radius 2 is 1.70 bits per heavy atom. The average Bonchev–Trinajstić information content (AvgIpc) is 2.69. The minimum absolute atomic E-state index is 0.0777. The number of nitrogens with zero attached hydrogens (tertiary/aromatic N) is 2. The Morgan fingerprint density at radius 1 is 1.07 bits per heavy atom. The lowest BCUT2D eigenvalue weighted by Crippen LogP contribution is -2.45. The van der Waals surface area contributed by atoms with Crippen molar-refractivity contribution in [2.45, 2.75) is 65.4 Å². The second-order valence-electron chi connectivity index (χ2n) is 8.79. The molecule has 0 bridgehead atoms. The van der Waals surface area contributed by atoms with Crippen LogP contribution in [0.25, 0.3) is 0 Å². The van der Waals surface area contributed by atoms with Gasteiger partial charge in [0.2, 0.25) is 0 Å². The van der Waals surface area contributed by atoms with Crippen LogP contribution in [-0.2, 0) is 20.7 Å². The summed E-state index contributed by atoms with van der Waals surface area (Å²) in [4.78, 5) is 28.5. The topological polar surface area (TPSA) is 49.9 Å². The molecule has 166 valence electrons. The largest absolute Gasteiger partial charge is 0.460 e. The normalized spacial score (nSPS) is 14.6. The third kappa shape index (κ3) is 7.67. The lowest BCUT2D eigenvalue weighted by Gasteiger charge is -2.38. The van der Waals surface area contributed by atoms with Gasteiger partial charge in [0.25, 0.3) is 0 Å². The van der Waals surface area contributed by atoms with Gasteiger partial charge >= 0.3 is 5.97 Å². The van der Waals surface area contributed by atoms with Crippen molar-refractivity contribution < 1.29 is 14.3 Å². The summed E-state index contributed by atoms with van der Waals surface area (Å²) in [5.74, 6) is -0.242. The van der Waals surface area contributed by atoms with Crippen molar-refractivity contribution in [1.29, 1.82) is 0 Å². The van der Waals surface area contributed by atoms with Crippen LogP contribution in [0.2, 0.25) is 5.02 Å². The minimum atomic E-state index is -0.513. The highest BCUT2D eigenvalue weighted by Crippen LogP contribution is 2.25. The maximum atomic E-state index is 12.1. The second kappa shape index (κ2) is 10.9. The zero-order valence-electron chi connectivity index (χ0n) is 18.8. The maximum absolute atomic E-state index is 12.1. The fraction of sp³-hybridized carbons (Fsp3) is 0.583. The quantitative estimate of drug-likeness (QED) is 0.511. The SMILES string of the molecule is C=C(CCC(=O)CCC(=O)OC(C)(C)C)N1CCN(c2ccc(Cl)c(CC)c2)CC1. The number of hydrogen-bond acceptors (Lipinski definition) is 5. The van der Waals surface area contributed by atoms with Crippen molar-refractivity contribution in [3.8, 4) is 0 Å². The molecule has 0 amide bonds. The number of anilines is 1. The van der Waals surface area contributed by atoms with E-state index in [-0.39, 0.29) is 24.6 Å². The number of benzene rings is 1. The number of allylic oxidation sites excluding steroid dienone is 1. The Bertz CT molecular complexity index is 762. The molecule has 0 spiro atoms. The monoisotopic (exact) mass is 434 g/mol. The summed E-state index contributed by atoms with van der Waals surface area (Å²) in [6.45, 7) is 15.4. The number of ketones is 1. The molecule has 0 unspecified atom stereocenters. The van der Waals surface area contributed by atoms with E-state index in [1.807, 2.05) is 26.8 Å². The molecule has 1 aliphatic rings. The average molecular weight is 435 g/mol. The molecule has 0 saturated carbocycles. The zero-order valence-corrected chi connectivity index (χ0v) is 19.6. The van der Waals surface area contributed by atoms with Gasteiger partial charge in [0.1, 0.15) is 11.4 Å². The maximum Gasteiger partial charge on any atom is 0.306 e. The van der Waals surface area contributed by atoms with E-state index in [4.69, 9.17) is 16.3 Å². The Morgan fingerprint density at radius 3 is 2.30 bits per heavy atom. The highest BCUT2D eigenvalue weighted by atomic mass is 35.5. The standard InChI is InChI=1S/C24H35ClN2O3/c1-6-19-17-20(8-11-22(19)25)27-15-13-26(14-16-27)18(2)7-9-21(28)10-12-23(29)30-24(3,4)5/h8,11,17H,2,6-7,9-10,12-16H2,1,3-5H3. The van der Waals surface area contributed by atoms with Crippen LogP contribution in [0.3, 0.4) is 0 Å². The second-order valence-corrected chi connectivity index (χ2v) is 9.20. The molecule has 0 N–H and O–H groups in total. The van der Waals surface area contributed by atoms with E-state index in [0.29, 0.717) is 12.8 Å². The highest BCUT2D eigenvalue weighted by molar-refractivity contribution is 6.31. The van der Waals surface area contributed by atoms with Crippen LogP contribution in [0.5, 0.6) is 0 Å². The molecule has 1 saturated heterocycles. The zero-order chi connectivity index (χ0) is 22.3. The number of carbonyl (C=O) groups is 2. The molecule has 5 nitrogen and oxygen atoms in total. The van der Waals surface area contributed by atoms with Gasteiger partial charge in [-0.1, -0.05) is 25.1 Å². The third-order valence-electron chi connectivity index (χ3n) is 5.22. The number of esters is 1. The predicted molar refractivity (Wildman–Crippen MR) is 123 cm³/mol. The van der Waals surface area contributed by atoms with Crippen molar-refractivity contribution in [2.75, 3.05) is 31.1 Å². The number of carbonyl (C=O) groups excluding carboxylic acids is 2. The first-order valence-electron chi connectivity index (χ1n) is 10.8. The Balaban J connectivity index is 1.72. The number of hydrogen-bond donors (Lipinski definition) is 0. The summed E-state index contributed by atoms with van der Waals surface area (Å²) in [5, 5.41) is 0.824. The van der Waals surface area contributed by atoms with E-state index < -0.39 is 5.60 Å². The smallest absolute Gasteiger partial charge is 0.306 e. The first-order valence-corrected chi connectivity index (χ1v) is 11.2. The van der Waals surface area contributed by atoms with Crippen LogP contribution in [0.15, 0.2) is 30.5 Å². The van der Waals surface area contributed by atoms with Gasteiger partial charge in [0.05, 0.1) is 6.42 Å². The molecule has 1 aliphatic heterocycles. The predicted octanol–water partition coefficient (Wildman–Crippen LogP) is 5.01. The number of rotatable bonds is 9. The van der Waals surface area contributed by atoms with Crippen LogP contribution >= 0.6 is 11.6 Å². The van der Waals surface area contributed by atoms with E-state index >= 15 is 0 Å². The number of aryl methyl sites for hydroxylation is 1. The van der Waals surface area contributed by atoms with E-state index in [1.54, 1.807) is 0 Å². The van der Waals surface area contributed by atoms with Gasteiger partial charge < -0.3 is 14.5 Å². The third-order valence-corrected chi connectivity index (χ3v) is 5.59. The number of halogens is 1. The van der Waals surface area contributed by atoms with Gasteiger partial charge in [-0.2, -0.15) is 0 Å². The minimum Gasteiger partial charge on any atom is -0.460 e. The molecule has 30 heavy (non-hydrogen) atoms. The van der Waals surface area contributed by atoms with Gasteiger partial charge in [-0.15, -0.1) is 0 Å². The van der Waals surface area contributed by atoms with Gasteiger partial charge in [0.15, 0.2) is 0 Å². The van der Waals surface area contributed by atoms with E-state index in [0.717, 1.165) is 43.3 Å². The number of piperazine rings is 1. The fourth-order valence-electron chi connectivity index (χ4n) is 3.51. The van der Waals surface area contributed by atoms with Crippen LogP contribution in [0.1, 0.15) is 58.9 Å². The van der Waals surface area contributed by atoms with Crippen LogP contribution < -0.4 is 4.90 Å². The molecular formula is C24H35ClN2O3. The summed E-state index contributed by atoms with van der Waals surface area (Å²) < 4.78 is 5.25. The molecule has 0 aliphatic carbocycles. The first-order chi connectivity index (χ1) is 14.1. The Kier molecular flexibility index (Phi) is 8.78. The molecule has 0 atom stereocenters. The molecular weight excluding hydrogens is 400 g/mol. The molecule has 0 aromatic heterocycles. The van der Waals surface area contributed by atoms with Crippen LogP contribution in [-0.4, -0.2) is 48.4 Å². The Labute approximate surface area is 186 Å². The van der Waals surface area contributed by atoms with Gasteiger partial charge in [0, 0.05) is 55.4 Å². The van der Waals surface area contributed by atoms with Crippen LogP contribution in [0.4, 0.5) is 5.69 Å². The summed E-state index contributed by atoms with van der Waals surface area (Å²) in [7, 11) is 0. The van der Waals surface area contributed by atoms with Crippen molar-refractivity contribution in [1.82, 2.24) is 4.90 Å². The summed E-state index contributed by atoms with van der Waals surface area (Å²) in [6.07, 6.45) is 2.34. The van der Waals surface area contributed by atoms with Crippen LogP contribution in [0, 0.1) is 0 Å². The number of ether oxygens (including phenoxy) is 1. The molecule has 1 heterocycles. The Hall–Kier alpha value is -2.01. The molecule has 6 heteroatoms. The van der Waals surface area contributed by atoms with Gasteiger partial charge in [-0.05, 0) is 57.4 Å². The molecule has 1 fully saturated rings. The molecule has 2 rings (SSSR count). The molecule has 1 aromatic rings. The van der Waals surface area contributed by atoms with E-state index in [9.17, 15) is 9.59 Å². The summed E-state index contributed by atoms with van der Waals surface area (Å²) in [5.41, 5.74) is 2.86. The van der Waals surface area contributed by atoms with Crippen molar-refractivity contribution in [3.63, 3.8) is 0 Å². The van der Waals surface area contributed by atoms with Crippen molar-refractivity contribution in [3.05, 3.63) is 41.1 Å². The first kappa shape index (κ1) is 24.3. The molecule has 0 radical (unpaired) electrons. The van der Waals surface area contributed by atoms with E-state index in [2.05, 4.69) is 35.4 Å². The van der Waals surface area contributed by atoms with E-state index in [1.165, 1.54) is 11.3 Å². The van der Waals surface area contributed by atoms with Crippen molar-refractivity contribution >= 4 is 29.0 Å². The van der Waals surface area contributed by atoms with Crippen molar-refractivity contribution in [2.24, 2.45) is 0 Å². The summed E-state index contributed by atoms with van der Waals surface area (Å²) in [6, 6.07) is 6.23. The lowest BCUT2D eigenvalue weighted by atomic mass is 10.1. The van der Waals surface area contributed by atoms with Gasteiger partial charge in [-0.3, -0.25) is 9.59 Å². The highest BCUT2D eigenvalue weighted by Gasteiger charge is 2.20. The van der Waals surface area contributed by atoms with Gasteiger partial charge in [-0.25, -0.2) is 0 Å². The lowest BCUT2D eigenvalue weighted by molar-refractivity contribution is -0.155. The fourth-order valence-corrected chi connectivity index (χ4v) is 3.76. The number of Topliss-reactive ketones (excluding diaryl/α,β-unsaturated/α-hetero) is 1.